The number of aromatic nitrogens is 2. The summed E-state index contributed by atoms with van der Waals surface area (Å²) in [5.74, 6) is 1.75. The molecular weight excluding hydrogens is 344 g/mol. The highest BCUT2D eigenvalue weighted by Gasteiger charge is 2.13. The van der Waals surface area contributed by atoms with Gasteiger partial charge in [-0.2, -0.15) is 5.10 Å². The Morgan fingerprint density at radius 1 is 1.35 bits per heavy atom. The molecule has 0 atom stereocenters. The average molecular weight is 360 g/mol. The number of aryl methyl sites for hydroxylation is 2. The van der Waals surface area contributed by atoms with Gasteiger partial charge in [0.1, 0.15) is 6.61 Å². The quantitative estimate of drug-likeness (QED) is 0.762. The third-order valence-corrected chi connectivity index (χ3v) is 3.80. The SMILES string of the molecule is COc1cc(CCl)cc(Br)c1OCc1cc(C)nn1C. The Kier molecular flexibility index (Phi) is 4.94. The molecule has 4 nitrogen and oxygen atoms in total. The monoisotopic (exact) mass is 358 g/mol. The van der Waals surface area contributed by atoms with Crippen LogP contribution in [0, 0.1) is 6.92 Å². The molecule has 0 unspecified atom stereocenters. The lowest BCUT2D eigenvalue weighted by Gasteiger charge is -2.13. The Balaban J connectivity index is 2.22. The summed E-state index contributed by atoms with van der Waals surface area (Å²) in [5.41, 5.74) is 2.94. The van der Waals surface area contributed by atoms with E-state index in [1.54, 1.807) is 7.11 Å². The lowest BCUT2D eigenvalue weighted by Crippen LogP contribution is -2.04. The highest BCUT2D eigenvalue weighted by molar-refractivity contribution is 9.10. The van der Waals surface area contributed by atoms with Crippen LogP contribution in [0.2, 0.25) is 0 Å². The van der Waals surface area contributed by atoms with Crippen LogP contribution in [0.25, 0.3) is 0 Å². The normalized spacial score (nSPS) is 10.7. The highest BCUT2D eigenvalue weighted by Crippen LogP contribution is 2.37. The number of methoxy groups -OCH3 is 1. The maximum atomic E-state index is 5.86. The highest BCUT2D eigenvalue weighted by atomic mass is 79.9. The van der Waals surface area contributed by atoms with Crippen molar-refractivity contribution in [3.8, 4) is 11.5 Å². The van der Waals surface area contributed by atoms with Crippen LogP contribution in [-0.2, 0) is 19.5 Å². The molecule has 108 valence electrons. The summed E-state index contributed by atoms with van der Waals surface area (Å²) < 4.78 is 13.9. The third kappa shape index (κ3) is 3.27. The van der Waals surface area contributed by atoms with E-state index in [-0.39, 0.29) is 0 Å². The van der Waals surface area contributed by atoms with Gasteiger partial charge in [-0.15, -0.1) is 11.6 Å². The Labute approximate surface area is 131 Å². The summed E-state index contributed by atoms with van der Waals surface area (Å²) in [6.07, 6.45) is 0. The van der Waals surface area contributed by atoms with Gasteiger partial charge in [-0.3, -0.25) is 4.68 Å². The first-order valence-corrected chi connectivity index (χ1v) is 7.42. The predicted molar refractivity (Wildman–Crippen MR) is 82.5 cm³/mol. The number of alkyl halides is 1. The Bertz CT molecular complexity index is 613. The zero-order valence-corrected chi connectivity index (χ0v) is 14.0. The molecule has 6 heteroatoms. The fraction of sp³-hybridized carbons (Fsp3) is 0.357. The molecular formula is C14H16BrClN2O2. The number of hydrogen-bond donors (Lipinski definition) is 0. The van der Waals surface area contributed by atoms with Gasteiger partial charge in [-0.05, 0) is 46.6 Å². The van der Waals surface area contributed by atoms with Gasteiger partial charge in [-0.25, -0.2) is 0 Å². The molecule has 20 heavy (non-hydrogen) atoms. The van der Waals surface area contributed by atoms with E-state index in [0.29, 0.717) is 24.0 Å². The molecule has 0 amide bonds. The van der Waals surface area contributed by atoms with Crippen molar-refractivity contribution >= 4 is 27.5 Å². The zero-order chi connectivity index (χ0) is 14.7. The first-order chi connectivity index (χ1) is 9.55. The van der Waals surface area contributed by atoms with E-state index in [1.165, 1.54) is 0 Å². The number of halogens is 2. The Hall–Kier alpha value is -1.20. The molecule has 1 heterocycles. The molecule has 2 rings (SSSR count). The van der Waals surface area contributed by atoms with E-state index in [4.69, 9.17) is 21.1 Å². The molecule has 0 radical (unpaired) electrons. The number of ether oxygens (including phenoxy) is 2. The van der Waals surface area contributed by atoms with Crippen LogP contribution in [0.4, 0.5) is 0 Å². The van der Waals surface area contributed by atoms with Gasteiger partial charge in [0.15, 0.2) is 11.5 Å². The second-order valence-corrected chi connectivity index (χ2v) is 5.55. The standard InChI is InChI=1S/C14H16BrClN2O2/c1-9-4-11(18(2)17-9)8-20-14-12(15)5-10(7-16)6-13(14)19-3/h4-6H,7-8H2,1-3H3. The van der Waals surface area contributed by atoms with Crippen LogP contribution >= 0.6 is 27.5 Å². The topological polar surface area (TPSA) is 36.3 Å². The largest absolute Gasteiger partial charge is 0.493 e. The predicted octanol–water partition coefficient (Wildman–Crippen LogP) is 3.82. The maximum absolute atomic E-state index is 5.86. The molecule has 0 saturated carbocycles. The van der Waals surface area contributed by atoms with Crippen molar-refractivity contribution in [3.63, 3.8) is 0 Å². The van der Waals surface area contributed by atoms with Crippen LogP contribution < -0.4 is 9.47 Å². The van der Waals surface area contributed by atoms with Gasteiger partial charge in [0.05, 0.1) is 23.0 Å². The van der Waals surface area contributed by atoms with Gasteiger partial charge in [0.25, 0.3) is 0 Å². The molecule has 1 aromatic heterocycles. The smallest absolute Gasteiger partial charge is 0.175 e. The summed E-state index contributed by atoms with van der Waals surface area (Å²) >= 11 is 9.34. The van der Waals surface area contributed by atoms with Crippen molar-refractivity contribution in [2.45, 2.75) is 19.4 Å². The second kappa shape index (κ2) is 6.50. The minimum atomic E-state index is 0.423. The molecule has 0 aliphatic carbocycles. The first kappa shape index (κ1) is 15.2. The van der Waals surface area contributed by atoms with Crippen LogP contribution in [0.15, 0.2) is 22.7 Å². The van der Waals surface area contributed by atoms with Crippen molar-refractivity contribution in [2.75, 3.05) is 7.11 Å². The van der Waals surface area contributed by atoms with Gasteiger partial charge in [0, 0.05) is 12.9 Å². The molecule has 0 aliphatic rings. The van der Waals surface area contributed by atoms with Crippen LogP contribution in [0.3, 0.4) is 0 Å². The third-order valence-electron chi connectivity index (χ3n) is 2.91. The second-order valence-electron chi connectivity index (χ2n) is 4.43. The van der Waals surface area contributed by atoms with Crippen LogP contribution in [-0.4, -0.2) is 16.9 Å². The fourth-order valence-electron chi connectivity index (χ4n) is 1.94. The number of rotatable bonds is 5. The summed E-state index contributed by atoms with van der Waals surface area (Å²) in [4.78, 5) is 0. The number of hydrogen-bond acceptors (Lipinski definition) is 3. The van der Waals surface area contributed by atoms with Gasteiger partial charge in [0.2, 0.25) is 0 Å². The summed E-state index contributed by atoms with van der Waals surface area (Å²) in [5, 5.41) is 4.29. The molecule has 0 saturated heterocycles. The van der Waals surface area contributed by atoms with Crippen molar-refractivity contribution in [1.82, 2.24) is 9.78 Å². The molecule has 0 bridgehead atoms. The molecule has 0 N–H and O–H groups in total. The summed E-state index contributed by atoms with van der Waals surface area (Å²) in [6.45, 7) is 2.38. The zero-order valence-electron chi connectivity index (χ0n) is 11.6. The molecule has 2 aromatic rings. The fourth-order valence-corrected chi connectivity index (χ4v) is 2.69. The van der Waals surface area contributed by atoms with Crippen molar-refractivity contribution in [1.29, 1.82) is 0 Å². The van der Waals surface area contributed by atoms with Crippen molar-refractivity contribution in [3.05, 3.63) is 39.6 Å². The minimum Gasteiger partial charge on any atom is -0.493 e. The lowest BCUT2D eigenvalue weighted by atomic mass is 10.2. The summed E-state index contributed by atoms with van der Waals surface area (Å²) in [6, 6.07) is 5.80. The van der Waals surface area contributed by atoms with E-state index >= 15 is 0 Å². The molecule has 0 spiro atoms. The molecule has 0 aliphatic heterocycles. The van der Waals surface area contributed by atoms with Crippen LogP contribution in [0.1, 0.15) is 17.0 Å². The van der Waals surface area contributed by atoms with Crippen molar-refractivity contribution in [2.24, 2.45) is 7.05 Å². The Morgan fingerprint density at radius 3 is 2.65 bits per heavy atom. The Morgan fingerprint density at radius 2 is 2.10 bits per heavy atom. The number of nitrogens with zero attached hydrogens (tertiary/aromatic N) is 2. The molecule has 0 fully saturated rings. The van der Waals surface area contributed by atoms with E-state index in [9.17, 15) is 0 Å². The van der Waals surface area contributed by atoms with E-state index in [2.05, 4.69) is 21.0 Å². The first-order valence-electron chi connectivity index (χ1n) is 6.09. The van der Waals surface area contributed by atoms with E-state index in [0.717, 1.165) is 21.4 Å². The van der Waals surface area contributed by atoms with Crippen LogP contribution in [0.5, 0.6) is 11.5 Å². The van der Waals surface area contributed by atoms with Gasteiger partial charge >= 0.3 is 0 Å². The van der Waals surface area contributed by atoms with Gasteiger partial charge in [-0.1, -0.05) is 0 Å². The van der Waals surface area contributed by atoms with E-state index in [1.807, 2.05) is 36.9 Å². The average Bonchev–Trinajstić information content (AvgIpc) is 2.74. The lowest BCUT2D eigenvalue weighted by molar-refractivity contribution is 0.274. The summed E-state index contributed by atoms with van der Waals surface area (Å²) in [7, 11) is 3.51. The minimum absolute atomic E-state index is 0.423. The maximum Gasteiger partial charge on any atom is 0.175 e. The van der Waals surface area contributed by atoms with Crippen molar-refractivity contribution < 1.29 is 9.47 Å². The van der Waals surface area contributed by atoms with Gasteiger partial charge < -0.3 is 9.47 Å². The number of benzene rings is 1. The van der Waals surface area contributed by atoms with E-state index < -0.39 is 0 Å². The molecule has 1 aromatic carbocycles.